The van der Waals surface area contributed by atoms with Crippen LogP contribution in [0.1, 0.15) is 17.3 Å². The first kappa shape index (κ1) is 21.1. The van der Waals surface area contributed by atoms with Crippen LogP contribution < -0.4 is 0 Å². The van der Waals surface area contributed by atoms with Crippen molar-refractivity contribution in [3.63, 3.8) is 0 Å². The maximum absolute atomic E-state index is 12.8. The van der Waals surface area contributed by atoms with Crippen molar-refractivity contribution < 1.29 is 9.53 Å². The van der Waals surface area contributed by atoms with Gasteiger partial charge >= 0.3 is 5.97 Å². The zero-order chi connectivity index (χ0) is 22.8. The van der Waals surface area contributed by atoms with E-state index in [0.29, 0.717) is 16.9 Å². The number of aromatic nitrogens is 3. The minimum Gasteiger partial charge on any atom is -0.462 e. The molecule has 0 fully saturated rings. The van der Waals surface area contributed by atoms with Crippen LogP contribution in [0.5, 0.6) is 0 Å². The van der Waals surface area contributed by atoms with Gasteiger partial charge in [0.2, 0.25) is 0 Å². The normalized spacial score (nSPS) is 11.0. The van der Waals surface area contributed by atoms with Gasteiger partial charge in [-0.3, -0.25) is 0 Å². The van der Waals surface area contributed by atoms with Crippen molar-refractivity contribution in [1.82, 2.24) is 14.6 Å². The third kappa shape index (κ3) is 3.94. The number of ether oxygens (including phenoxy) is 1. The molecule has 0 aliphatic rings. The molecule has 0 aliphatic heterocycles. The molecule has 0 amide bonds. The summed E-state index contributed by atoms with van der Waals surface area (Å²) in [5.41, 5.74) is 6.19. The Hall–Kier alpha value is -3.77. The maximum atomic E-state index is 12.8. The van der Waals surface area contributed by atoms with E-state index in [0.717, 1.165) is 32.4 Å². The fourth-order valence-corrected chi connectivity index (χ4v) is 4.32. The molecule has 33 heavy (non-hydrogen) atoms. The highest BCUT2D eigenvalue weighted by Gasteiger charge is 2.24. The number of hydrogen-bond acceptors (Lipinski definition) is 4. The first-order chi connectivity index (χ1) is 16.2. The highest BCUT2D eigenvalue weighted by Crippen LogP contribution is 2.37. The average Bonchev–Trinajstić information content (AvgIpc) is 3.24. The number of hydrogen-bond donors (Lipinski definition) is 0. The Bertz CT molecular complexity index is 1450. The van der Waals surface area contributed by atoms with Gasteiger partial charge in [-0.25, -0.2) is 14.3 Å². The smallest absolute Gasteiger partial charge is 0.341 e. The number of fused-ring (bicyclic) bond motifs is 1. The second kappa shape index (κ2) is 9.00. The van der Waals surface area contributed by atoms with E-state index >= 15 is 0 Å². The van der Waals surface area contributed by atoms with Gasteiger partial charge in [0.05, 0.1) is 17.9 Å². The van der Waals surface area contributed by atoms with Crippen LogP contribution in [0.25, 0.3) is 39.3 Å². The Balaban J connectivity index is 1.89. The fraction of sp³-hybridized carbons (Fsp3) is 0.0741. The third-order valence-electron chi connectivity index (χ3n) is 5.35. The average molecular weight is 498 g/mol. The molecular formula is C27H20BrN3O2. The first-order valence-electron chi connectivity index (χ1n) is 10.6. The van der Waals surface area contributed by atoms with E-state index in [-0.39, 0.29) is 6.61 Å². The van der Waals surface area contributed by atoms with E-state index in [1.54, 1.807) is 17.6 Å². The van der Waals surface area contributed by atoms with Gasteiger partial charge in [0.15, 0.2) is 5.65 Å². The molecular weight excluding hydrogens is 478 g/mol. The standard InChI is InChI=1S/C27H20BrN3O2/c1-2-33-27(32)22-17-29-26-23(18-10-5-3-6-11-18)24(20-14-9-15-21(28)16-20)30-31(26)25(22)19-12-7-4-8-13-19/h3-17H,2H2,1H3. The Morgan fingerprint density at radius 1 is 0.909 bits per heavy atom. The van der Waals surface area contributed by atoms with Gasteiger partial charge in [0.1, 0.15) is 11.3 Å². The number of benzene rings is 3. The molecule has 5 aromatic rings. The van der Waals surface area contributed by atoms with Gasteiger partial charge in [-0.2, -0.15) is 5.10 Å². The maximum Gasteiger partial charge on any atom is 0.341 e. The SMILES string of the molecule is CCOC(=O)c1cnc2c(-c3ccccc3)c(-c3cccc(Br)c3)nn2c1-c1ccccc1. The van der Waals surface area contributed by atoms with E-state index in [4.69, 9.17) is 14.8 Å². The van der Waals surface area contributed by atoms with Gasteiger partial charge in [-0.1, -0.05) is 88.7 Å². The molecule has 0 aliphatic carbocycles. The van der Waals surface area contributed by atoms with Gasteiger partial charge in [-0.05, 0) is 24.6 Å². The molecule has 162 valence electrons. The van der Waals surface area contributed by atoms with Crippen LogP contribution in [-0.2, 0) is 4.74 Å². The van der Waals surface area contributed by atoms with Crippen LogP contribution in [0.4, 0.5) is 0 Å². The van der Waals surface area contributed by atoms with Crippen molar-refractivity contribution in [2.24, 2.45) is 0 Å². The summed E-state index contributed by atoms with van der Waals surface area (Å²) < 4.78 is 8.06. The summed E-state index contributed by atoms with van der Waals surface area (Å²) in [5.74, 6) is -0.425. The van der Waals surface area contributed by atoms with Crippen molar-refractivity contribution in [2.75, 3.05) is 6.61 Å². The summed E-state index contributed by atoms with van der Waals surface area (Å²) in [7, 11) is 0. The minimum absolute atomic E-state index is 0.281. The van der Waals surface area contributed by atoms with Crippen molar-refractivity contribution in [1.29, 1.82) is 0 Å². The minimum atomic E-state index is -0.425. The summed E-state index contributed by atoms with van der Waals surface area (Å²) in [6.45, 7) is 2.07. The van der Waals surface area contributed by atoms with Crippen LogP contribution in [-0.4, -0.2) is 27.2 Å². The highest BCUT2D eigenvalue weighted by molar-refractivity contribution is 9.10. The van der Waals surface area contributed by atoms with Gasteiger partial charge in [0.25, 0.3) is 0 Å². The van der Waals surface area contributed by atoms with Crippen molar-refractivity contribution in [3.8, 4) is 33.6 Å². The predicted octanol–water partition coefficient (Wildman–Crippen LogP) is 6.67. The summed E-state index contributed by atoms with van der Waals surface area (Å²) in [5, 5.41) is 5.01. The van der Waals surface area contributed by atoms with Crippen LogP contribution in [0.15, 0.2) is 95.6 Å². The molecule has 0 spiro atoms. The second-order valence-corrected chi connectivity index (χ2v) is 8.36. The van der Waals surface area contributed by atoms with Gasteiger partial charge < -0.3 is 4.74 Å². The zero-order valence-electron chi connectivity index (χ0n) is 17.9. The quantitative estimate of drug-likeness (QED) is 0.254. The summed E-state index contributed by atoms with van der Waals surface area (Å²) >= 11 is 3.57. The second-order valence-electron chi connectivity index (χ2n) is 7.44. The fourth-order valence-electron chi connectivity index (χ4n) is 3.93. The van der Waals surface area contributed by atoms with E-state index in [1.807, 2.05) is 84.9 Å². The van der Waals surface area contributed by atoms with Gasteiger partial charge in [0, 0.05) is 21.8 Å². The highest BCUT2D eigenvalue weighted by atomic mass is 79.9. The Kier molecular flexibility index (Phi) is 5.75. The summed E-state index contributed by atoms with van der Waals surface area (Å²) in [6.07, 6.45) is 1.59. The number of rotatable bonds is 5. The van der Waals surface area contributed by atoms with Crippen molar-refractivity contribution >= 4 is 27.5 Å². The molecule has 5 nitrogen and oxygen atoms in total. The Morgan fingerprint density at radius 3 is 2.24 bits per heavy atom. The predicted molar refractivity (Wildman–Crippen MR) is 133 cm³/mol. The van der Waals surface area contributed by atoms with Crippen LogP contribution in [0, 0.1) is 0 Å². The molecule has 0 N–H and O–H groups in total. The lowest BCUT2D eigenvalue weighted by atomic mass is 10.0. The first-order valence-corrected chi connectivity index (χ1v) is 11.4. The van der Waals surface area contributed by atoms with Gasteiger partial charge in [-0.15, -0.1) is 0 Å². The van der Waals surface area contributed by atoms with Crippen LogP contribution in [0.2, 0.25) is 0 Å². The van der Waals surface area contributed by atoms with E-state index in [2.05, 4.69) is 15.9 Å². The molecule has 5 rings (SSSR count). The molecule has 0 unspecified atom stereocenters. The van der Waals surface area contributed by atoms with E-state index < -0.39 is 5.97 Å². The number of esters is 1. The van der Waals surface area contributed by atoms with E-state index in [9.17, 15) is 4.79 Å². The lowest BCUT2D eigenvalue weighted by Crippen LogP contribution is -2.11. The van der Waals surface area contributed by atoms with Crippen molar-refractivity contribution in [3.05, 3.63) is 101 Å². The molecule has 3 aromatic carbocycles. The summed E-state index contributed by atoms with van der Waals surface area (Å²) in [4.78, 5) is 17.6. The molecule has 6 heteroatoms. The number of halogens is 1. The largest absolute Gasteiger partial charge is 0.462 e. The number of carbonyl (C=O) groups excluding carboxylic acids is 1. The molecule has 0 atom stereocenters. The topological polar surface area (TPSA) is 56.5 Å². The lowest BCUT2D eigenvalue weighted by Gasteiger charge is -2.11. The number of carbonyl (C=O) groups is 1. The lowest BCUT2D eigenvalue weighted by molar-refractivity contribution is 0.0526. The molecule has 0 saturated heterocycles. The molecule has 0 saturated carbocycles. The zero-order valence-corrected chi connectivity index (χ0v) is 19.5. The number of nitrogens with zero attached hydrogens (tertiary/aromatic N) is 3. The van der Waals surface area contributed by atoms with Crippen LogP contribution >= 0.6 is 15.9 Å². The molecule has 0 bridgehead atoms. The van der Waals surface area contributed by atoms with Crippen molar-refractivity contribution in [2.45, 2.75) is 6.92 Å². The van der Waals surface area contributed by atoms with E-state index in [1.165, 1.54) is 0 Å². The van der Waals surface area contributed by atoms with Crippen LogP contribution in [0.3, 0.4) is 0 Å². The molecule has 2 aromatic heterocycles. The Labute approximate surface area is 199 Å². The Morgan fingerprint density at radius 2 is 1.58 bits per heavy atom. The third-order valence-corrected chi connectivity index (χ3v) is 5.84. The molecule has 2 heterocycles. The monoisotopic (exact) mass is 497 g/mol. The summed E-state index contributed by atoms with van der Waals surface area (Å²) in [6, 6.07) is 27.8. The molecule has 0 radical (unpaired) electrons.